The van der Waals surface area contributed by atoms with Crippen molar-refractivity contribution >= 4 is 12.0 Å². The molecule has 1 heterocycles. The van der Waals surface area contributed by atoms with Gasteiger partial charge in [-0.1, -0.05) is 13.8 Å². The van der Waals surface area contributed by atoms with E-state index >= 15 is 0 Å². The van der Waals surface area contributed by atoms with Crippen LogP contribution < -0.4 is 10.6 Å². The van der Waals surface area contributed by atoms with Gasteiger partial charge in [-0.05, 0) is 38.0 Å². The van der Waals surface area contributed by atoms with E-state index in [1.807, 2.05) is 20.8 Å². The third-order valence-electron chi connectivity index (χ3n) is 4.11. The molecular weight excluding hydrogens is 272 g/mol. The van der Waals surface area contributed by atoms with E-state index in [9.17, 15) is 9.59 Å². The Labute approximate surface area is 126 Å². The van der Waals surface area contributed by atoms with E-state index in [1.54, 1.807) is 0 Å². The van der Waals surface area contributed by atoms with Crippen LogP contribution in [0.15, 0.2) is 0 Å². The van der Waals surface area contributed by atoms with Crippen LogP contribution >= 0.6 is 0 Å². The van der Waals surface area contributed by atoms with Gasteiger partial charge in [0.2, 0.25) is 0 Å². The Morgan fingerprint density at radius 1 is 1.24 bits per heavy atom. The molecule has 0 saturated carbocycles. The summed E-state index contributed by atoms with van der Waals surface area (Å²) in [5.41, 5.74) is -0.282. The lowest BCUT2D eigenvalue weighted by Crippen LogP contribution is -2.53. The normalized spacial score (nSPS) is 18.0. The molecule has 122 valence electrons. The molecule has 1 rings (SSSR count). The number of ether oxygens (including phenoxy) is 1. The monoisotopic (exact) mass is 300 g/mol. The Hall–Kier alpha value is -1.30. The van der Waals surface area contributed by atoms with Crippen LogP contribution in [0.4, 0.5) is 4.79 Å². The number of amides is 2. The van der Waals surface area contributed by atoms with Gasteiger partial charge in [-0.25, -0.2) is 4.79 Å². The second-order valence-corrected chi connectivity index (χ2v) is 6.86. The van der Waals surface area contributed by atoms with Gasteiger partial charge >= 0.3 is 12.0 Å². The van der Waals surface area contributed by atoms with E-state index in [4.69, 9.17) is 9.84 Å². The van der Waals surface area contributed by atoms with Crippen LogP contribution in [0.5, 0.6) is 0 Å². The highest BCUT2D eigenvalue weighted by atomic mass is 16.5. The zero-order valence-electron chi connectivity index (χ0n) is 13.3. The summed E-state index contributed by atoms with van der Waals surface area (Å²) in [5, 5.41) is 14.6. The van der Waals surface area contributed by atoms with Gasteiger partial charge in [-0.2, -0.15) is 0 Å². The molecular formula is C15H28N2O4. The molecule has 0 unspecified atom stereocenters. The lowest BCUT2D eigenvalue weighted by atomic mass is 9.84. The van der Waals surface area contributed by atoms with Gasteiger partial charge in [0.15, 0.2) is 0 Å². The van der Waals surface area contributed by atoms with Crippen molar-refractivity contribution in [1.29, 1.82) is 0 Å². The average Bonchev–Trinajstić information content (AvgIpc) is 2.36. The molecule has 6 heteroatoms. The highest BCUT2D eigenvalue weighted by molar-refractivity contribution is 5.74. The summed E-state index contributed by atoms with van der Waals surface area (Å²) in [4.78, 5) is 22.5. The lowest BCUT2D eigenvalue weighted by Gasteiger charge is -2.34. The number of hydrogen-bond donors (Lipinski definition) is 3. The third kappa shape index (κ3) is 7.32. The molecule has 1 aliphatic rings. The van der Waals surface area contributed by atoms with E-state index in [-0.39, 0.29) is 23.4 Å². The first-order valence-corrected chi connectivity index (χ1v) is 7.58. The minimum atomic E-state index is -0.777. The average molecular weight is 300 g/mol. The standard InChI is InChI=1S/C15H28N2O4/c1-14(2,5-4-12(18)19)6-9-16-13(20)17-15(3)7-10-21-11-8-15/h4-11H2,1-3H3,(H,18,19)(H2,16,17,20). The minimum absolute atomic E-state index is 0.0890. The van der Waals surface area contributed by atoms with Crippen molar-refractivity contribution in [3.8, 4) is 0 Å². The van der Waals surface area contributed by atoms with E-state index < -0.39 is 5.97 Å². The van der Waals surface area contributed by atoms with Crippen LogP contribution in [0.3, 0.4) is 0 Å². The first kappa shape index (κ1) is 17.8. The number of carbonyl (C=O) groups is 2. The molecule has 21 heavy (non-hydrogen) atoms. The van der Waals surface area contributed by atoms with Crippen LogP contribution in [0.2, 0.25) is 0 Å². The van der Waals surface area contributed by atoms with Gasteiger partial charge in [0.05, 0.1) is 0 Å². The highest BCUT2D eigenvalue weighted by Crippen LogP contribution is 2.26. The van der Waals surface area contributed by atoms with Crippen LogP contribution in [-0.2, 0) is 9.53 Å². The molecule has 0 atom stereocenters. The lowest BCUT2D eigenvalue weighted by molar-refractivity contribution is -0.137. The smallest absolute Gasteiger partial charge is 0.315 e. The van der Waals surface area contributed by atoms with E-state index in [2.05, 4.69) is 10.6 Å². The Morgan fingerprint density at radius 2 is 1.86 bits per heavy atom. The highest BCUT2D eigenvalue weighted by Gasteiger charge is 2.29. The van der Waals surface area contributed by atoms with Crippen molar-refractivity contribution in [2.24, 2.45) is 5.41 Å². The number of hydrogen-bond acceptors (Lipinski definition) is 3. The summed E-state index contributed by atoms with van der Waals surface area (Å²) in [6, 6.07) is -0.159. The number of nitrogens with one attached hydrogen (secondary N) is 2. The number of carboxylic acids is 1. The van der Waals surface area contributed by atoms with Gasteiger partial charge in [0.1, 0.15) is 0 Å². The molecule has 0 aromatic rings. The second-order valence-electron chi connectivity index (χ2n) is 6.86. The molecule has 1 saturated heterocycles. The fourth-order valence-corrected chi connectivity index (χ4v) is 2.35. The second kappa shape index (κ2) is 7.64. The summed E-state index contributed by atoms with van der Waals surface area (Å²) in [6.45, 7) is 7.99. The summed E-state index contributed by atoms with van der Waals surface area (Å²) < 4.78 is 5.30. The fourth-order valence-electron chi connectivity index (χ4n) is 2.35. The van der Waals surface area contributed by atoms with Crippen LogP contribution in [0.25, 0.3) is 0 Å². The Bertz CT molecular complexity index is 363. The number of urea groups is 1. The van der Waals surface area contributed by atoms with Gasteiger partial charge in [-0.3, -0.25) is 4.79 Å². The van der Waals surface area contributed by atoms with Crippen LogP contribution in [0, 0.1) is 5.41 Å². The zero-order chi connectivity index (χ0) is 15.9. The summed E-state index contributed by atoms with van der Waals surface area (Å²) in [6.07, 6.45) is 3.18. The molecule has 0 aromatic carbocycles. The van der Waals surface area contributed by atoms with E-state index in [1.165, 1.54) is 0 Å². The van der Waals surface area contributed by atoms with Crippen LogP contribution in [0.1, 0.15) is 52.9 Å². The van der Waals surface area contributed by atoms with Crippen LogP contribution in [-0.4, -0.2) is 42.4 Å². The van der Waals surface area contributed by atoms with Crippen molar-refractivity contribution in [2.75, 3.05) is 19.8 Å². The first-order chi connectivity index (χ1) is 9.72. The number of aliphatic carboxylic acids is 1. The van der Waals surface area contributed by atoms with E-state index in [0.29, 0.717) is 26.2 Å². The first-order valence-electron chi connectivity index (χ1n) is 7.58. The molecule has 0 radical (unpaired) electrons. The number of carboxylic acid groups (broad SMARTS) is 1. The molecule has 6 nitrogen and oxygen atoms in total. The van der Waals surface area contributed by atoms with Crippen molar-refractivity contribution in [2.45, 2.75) is 58.4 Å². The van der Waals surface area contributed by atoms with Crippen molar-refractivity contribution in [1.82, 2.24) is 10.6 Å². The molecule has 2 amide bonds. The summed E-state index contributed by atoms with van der Waals surface area (Å²) >= 11 is 0. The number of rotatable bonds is 7. The van der Waals surface area contributed by atoms with Gasteiger partial charge in [0.25, 0.3) is 0 Å². The third-order valence-corrected chi connectivity index (χ3v) is 4.11. The molecule has 0 bridgehead atoms. The van der Waals surface area contributed by atoms with Gasteiger partial charge in [0, 0.05) is 31.7 Å². The van der Waals surface area contributed by atoms with Crippen molar-refractivity contribution in [3.05, 3.63) is 0 Å². The van der Waals surface area contributed by atoms with Crippen molar-refractivity contribution in [3.63, 3.8) is 0 Å². The minimum Gasteiger partial charge on any atom is -0.481 e. The van der Waals surface area contributed by atoms with Gasteiger partial charge in [-0.15, -0.1) is 0 Å². The van der Waals surface area contributed by atoms with Crippen molar-refractivity contribution < 1.29 is 19.4 Å². The summed E-state index contributed by atoms with van der Waals surface area (Å²) in [5.74, 6) is -0.777. The maximum atomic E-state index is 11.9. The topological polar surface area (TPSA) is 87.7 Å². The Balaban J connectivity index is 2.24. The maximum Gasteiger partial charge on any atom is 0.315 e. The predicted octanol–water partition coefficient (Wildman–Crippen LogP) is 2.14. The molecule has 1 fully saturated rings. The molecule has 0 aliphatic carbocycles. The molecule has 0 spiro atoms. The van der Waals surface area contributed by atoms with Gasteiger partial charge < -0.3 is 20.5 Å². The number of carbonyl (C=O) groups excluding carboxylic acids is 1. The quantitative estimate of drug-likeness (QED) is 0.672. The molecule has 1 aliphatic heterocycles. The molecule has 0 aromatic heterocycles. The Morgan fingerprint density at radius 3 is 2.43 bits per heavy atom. The summed E-state index contributed by atoms with van der Waals surface area (Å²) in [7, 11) is 0. The predicted molar refractivity (Wildman–Crippen MR) is 80.3 cm³/mol. The SMILES string of the molecule is CC(C)(CCNC(=O)NC1(C)CCOCC1)CCC(=O)O. The molecule has 3 N–H and O–H groups in total. The fraction of sp³-hybridized carbons (Fsp3) is 0.867. The largest absolute Gasteiger partial charge is 0.481 e. The zero-order valence-corrected chi connectivity index (χ0v) is 13.3. The Kier molecular flexibility index (Phi) is 6.45. The maximum absolute atomic E-state index is 11.9. The van der Waals surface area contributed by atoms with E-state index in [0.717, 1.165) is 19.3 Å².